The second-order valence-electron chi connectivity index (χ2n) is 4.20. The van der Waals surface area contributed by atoms with E-state index in [-0.39, 0.29) is 6.61 Å². The van der Waals surface area contributed by atoms with Crippen LogP contribution in [0.3, 0.4) is 0 Å². The molecule has 0 aliphatic carbocycles. The Morgan fingerprint density at radius 2 is 2.06 bits per heavy atom. The quantitative estimate of drug-likeness (QED) is 0.740. The van der Waals surface area contributed by atoms with Crippen LogP contribution in [0.1, 0.15) is 19.4 Å². The van der Waals surface area contributed by atoms with Gasteiger partial charge in [0, 0.05) is 12.1 Å². The van der Waals surface area contributed by atoms with Gasteiger partial charge in [-0.15, -0.1) is 0 Å². The Morgan fingerprint density at radius 3 is 2.75 bits per heavy atom. The van der Waals surface area contributed by atoms with Crippen LogP contribution in [0, 0.1) is 5.92 Å². The van der Waals surface area contributed by atoms with Gasteiger partial charge in [-0.3, -0.25) is 0 Å². The summed E-state index contributed by atoms with van der Waals surface area (Å²) < 4.78 is 5.45. The highest BCUT2D eigenvalue weighted by molar-refractivity contribution is 5.33. The van der Waals surface area contributed by atoms with Crippen molar-refractivity contribution in [1.82, 2.24) is 5.32 Å². The van der Waals surface area contributed by atoms with Crippen LogP contribution in [-0.2, 0) is 6.54 Å². The smallest absolute Gasteiger partial charge is 0.123 e. The summed E-state index contributed by atoms with van der Waals surface area (Å²) in [7, 11) is 0. The molecule has 0 fully saturated rings. The predicted molar refractivity (Wildman–Crippen MR) is 65.6 cm³/mol. The summed E-state index contributed by atoms with van der Waals surface area (Å²) in [5.41, 5.74) is 1.14. The molecule has 0 saturated carbocycles. The van der Waals surface area contributed by atoms with E-state index in [0.29, 0.717) is 12.5 Å². The Kier molecular flexibility index (Phi) is 5.90. The van der Waals surface area contributed by atoms with E-state index in [1.807, 2.05) is 24.3 Å². The van der Waals surface area contributed by atoms with Crippen molar-refractivity contribution in [3.8, 4) is 5.75 Å². The average Bonchev–Trinajstić information content (AvgIpc) is 2.27. The highest BCUT2D eigenvalue weighted by Gasteiger charge is 2.02. The summed E-state index contributed by atoms with van der Waals surface area (Å²) in [6.07, 6.45) is 0. The van der Waals surface area contributed by atoms with Gasteiger partial charge in [-0.1, -0.05) is 32.0 Å². The van der Waals surface area contributed by atoms with Gasteiger partial charge in [0.15, 0.2) is 0 Å². The highest BCUT2D eigenvalue weighted by atomic mass is 16.5. The molecule has 3 heteroatoms. The number of nitrogens with one attached hydrogen (secondary N) is 1. The summed E-state index contributed by atoms with van der Waals surface area (Å²) in [5, 5.41) is 12.1. The van der Waals surface area contributed by atoms with Crippen LogP contribution >= 0.6 is 0 Å². The summed E-state index contributed by atoms with van der Waals surface area (Å²) in [6, 6.07) is 7.92. The van der Waals surface area contributed by atoms with Crippen LogP contribution in [0.15, 0.2) is 24.3 Å². The first-order valence-electron chi connectivity index (χ1n) is 5.76. The van der Waals surface area contributed by atoms with E-state index in [1.54, 1.807) is 0 Å². The average molecular weight is 223 g/mol. The fraction of sp³-hybridized carbons (Fsp3) is 0.538. The zero-order chi connectivity index (χ0) is 11.8. The molecule has 3 nitrogen and oxygen atoms in total. The van der Waals surface area contributed by atoms with E-state index in [4.69, 9.17) is 9.84 Å². The van der Waals surface area contributed by atoms with E-state index < -0.39 is 0 Å². The number of rotatable bonds is 7. The Balaban J connectivity index is 2.49. The number of ether oxygens (including phenoxy) is 1. The lowest BCUT2D eigenvalue weighted by molar-refractivity contribution is 0.200. The Morgan fingerprint density at radius 1 is 1.31 bits per heavy atom. The van der Waals surface area contributed by atoms with Crippen LogP contribution in [0.2, 0.25) is 0 Å². The van der Waals surface area contributed by atoms with Gasteiger partial charge < -0.3 is 15.2 Å². The molecule has 0 saturated heterocycles. The second-order valence-corrected chi connectivity index (χ2v) is 4.20. The molecule has 0 atom stereocenters. The number of aliphatic hydroxyl groups is 1. The molecule has 0 aromatic heterocycles. The molecule has 0 amide bonds. The van der Waals surface area contributed by atoms with E-state index in [9.17, 15) is 0 Å². The fourth-order valence-corrected chi connectivity index (χ4v) is 1.44. The third kappa shape index (κ3) is 4.64. The number of hydrogen-bond acceptors (Lipinski definition) is 3. The van der Waals surface area contributed by atoms with Crippen LogP contribution in [0.25, 0.3) is 0 Å². The lowest BCUT2D eigenvalue weighted by atomic mass is 10.2. The summed E-state index contributed by atoms with van der Waals surface area (Å²) in [4.78, 5) is 0. The number of para-hydroxylation sites is 1. The van der Waals surface area contributed by atoms with E-state index in [2.05, 4.69) is 19.2 Å². The fourth-order valence-electron chi connectivity index (χ4n) is 1.44. The van der Waals surface area contributed by atoms with Crippen molar-refractivity contribution in [1.29, 1.82) is 0 Å². The number of benzene rings is 1. The third-order valence-corrected chi connectivity index (χ3v) is 2.19. The molecule has 0 aliphatic rings. The minimum Gasteiger partial charge on any atom is -0.491 e. The molecule has 0 bridgehead atoms. The molecule has 1 aromatic rings. The van der Waals surface area contributed by atoms with Crippen molar-refractivity contribution >= 4 is 0 Å². The molecular weight excluding hydrogens is 202 g/mol. The second kappa shape index (κ2) is 7.25. The first-order valence-corrected chi connectivity index (χ1v) is 5.76. The van der Waals surface area contributed by atoms with Gasteiger partial charge in [0.05, 0.1) is 6.61 Å². The van der Waals surface area contributed by atoms with Crippen molar-refractivity contribution < 1.29 is 9.84 Å². The molecule has 0 spiro atoms. The molecule has 0 radical (unpaired) electrons. The molecular formula is C13H21NO2. The molecule has 1 aromatic carbocycles. The van der Waals surface area contributed by atoms with Gasteiger partial charge >= 0.3 is 0 Å². The minimum absolute atomic E-state index is 0.0494. The number of hydrogen-bond donors (Lipinski definition) is 2. The molecule has 0 aliphatic heterocycles. The maximum absolute atomic E-state index is 8.73. The Labute approximate surface area is 97.4 Å². The van der Waals surface area contributed by atoms with Crippen molar-refractivity contribution in [2.75, 3.05) is 19.8 Å². The summed E-state index contributed by atoms with van der Waals surface area (Å²) >= 11 is 0. The molecule has 90 valence electrons. The Bertz CT molecular complexity index is 300. The lowest BCUT2D eigenvalue weighted by Crippen LogP contribution is -2.19. The van der Waals surface area contributed by atoms with Gasteiger partial charge in [-0.2, -0.15) is 0 Å². The van der Waals surface area contributed by atoms with Crippen LogP contribution in [-0.4, -0.2) is 24.9 Å². The van der Waals surface area contributed by atoms with E-state index in [0.717, 1.165) is 24.4 Å². The Hall–Kier alpha value is -1.06. The van der Waals surface area contributed by atoms with Crippen molar-refractivity contribution in [3.63, 3.8) is 0 Å². The monoisotopic (exact) mass is 223 g/mol. The lowest BCUT2D eigenvalue weighted by Gasteiger charge is -2.12. The zero-order valence-corrected chi connectivity index (χ0v) is 10.1. The van der Waals surface area contributed by atoms with Crippen molar-refractivity contribution in [3.05, 3.63) is 29.8 Å². The summed E-state index contributed by atoms with van der Waals surface area (Å²) in [5.74, 6) is 1.50. The normalized spacial score (nSPS) is 10.8. The number of aliphatic hydroxyl groups excluding tert-OH is 1. The molecule has 16 heavy (non-hydrogen) atoms. The van der Waals surface area contributed by atoms with Crippen LogP contribution in [0.4, 0.5) is 0 Å². The topological polar surface area (TPSA) is 41.5 Å². The maximum atomic E-state index is 8.73. The van der Waals surface area contributed by atoms with Crippen LogP contribution in [0.5, 0.6) is 5.75 Å². The van der Waals surface area contributed by atoms with Gasteiger partial charge in [-0.25, -0.2) is 0 Å². The van der Waals surface area contributed by atoms with Gasteiger partial charge in [0.1, 0.15) is 12.4 Å². The summed E-state index contributed by atoms with van der Waals surface area (Å²) in [6.45, 7) is 6.56. The van der Waals surface area contributed by atoms with Crippen molar-refractivity contribution in [2.24, 2.45) is 5.92 Å². The molecule has 0 unspecified atom stereocenters. The third-order valence-electron chi connectivity index (χ3n) is 2.19. The van der Waals surface area contributed by atoms with Gasteiger partial charge in [0.25, 0.3) is 0 Å². The van der Waals surface area contributed by atoms with Crippen molar-refractivity contribution in [2.45, 2.75) is 20.4 Å². The largest absolute Gasteiger partial charge is 0.491 e. The first kappa shape index (κ1) is 13.0. The van der Waals surface area contributed by atoms with Gasteiger partial charge in [0.2, 0.25) is 0 Å². The predicted octanol–water partition coefficient (Wildman–Crippen LogP) is 1.80. The van der Waals surface area contributed by atoms with E-state index in [1.165, 1.54) is 0 Å². The van der Waals surface area contributed by atoms with Crippen LogP contribution < -0.4 is 10.1 Å². The van der Waals surface area contributed by atoms with E-state index >= 15 is 0 Å². The molecule has 1 rings (SSSR count). The first-order chi connectivity index (χ1) is 7.74. The minimum atomic E-state index is 0.0494. The highest BCUT2D eigenvalue weighted by Crippen LogP contribution is 2.17. The SMILES string of the molecule is CC(C)CNCc1ccccc1OCCO. The zero-order valence-electron chi connectivity index (χ0n) is 10.1. The molecule has 0 heterocycles. The standard InChI is InChI=1S/C13H21NO2/c1-11(2)9-14-10-12-5-3-4-6-13(12)16-8-7-15/h3-6,11,14-15H,7-10H2,1-2H3. The maximum Gasteiger partial charge on any atom is 0.123 e. The van der Waals surface area contributed by atoms with Gasteiger partial charge in [-0.05, 0) is 18.5 Å². The molecule has 2 N–H and O–H groups in total.